The zero-order valence-corrected chi connectivity index (χ0v) is 8.89. The van der Waals surface area contributed by atoms with E-state index in [1.165, 1.54) is 6.07 Å². The Bertz CT molecular complexity index is 340. The maximum absolute atomic E-state index is 11.1. The molecule has 0 aromatic rings. The third-order valence-corrected chi connectivity index (χ3v) is 1.68. The molecule has 0 atom stereocenters. The highest BCUT2D eigenvalue weighted by Crippen LogP contribution is 2.11. The molecule has 0 aliphatic carbocycles. The van der Waals surface area contributed by atoms with Gasteiger partial charge in [-0.05, 0) is 13.3 Å². The average Bonchev–Trinajstić information content (AvgIpc) is 2.18. The topological polar surface area (TPSA) is 108 Å². The molecule has 0 aromatic carbocycles. The van der Waals surface area contributed by atoms with E-state index in [1.54, 1.807) is 6.92 Å². The SMILES string of the molecule is CCOC(=O)C(C#N)=C(O)CCCC(=O)O. The quantitative estimate of drug-likeness (QED) is 0.305. The number of rotatable bonds is 6. The standard InChI is InChI=1S/C10H13NO5/c1-2-16-10(15)7(6-11)8(12)4-3-5-9(13)14/h12H,2-5H2,1H3,(H,13,14). The first-order valence-electron chi connectivity index (χ1n) is 4.74. The zero-order chi connectivity index (χ0) is 12.6. The molecule has 6 nitrogen and oxygen atoms in total. The molecule has 0 unspecified atom stereocenters. The third kappa shape index (κ3) is 5.00. The molecule has 0 heterocycles. The van der Waals surface area contributed by atoms with Crippen LogP contribution in [0.1, 0.15) is 26.2 Å². The number of carboxylic acid groups (broad SMARTS) is 1. The van der Waals surface area contributed by atoms with Crippen molar-refractivity contribution in [3.05, 3.63) is 11.3 Å². The molecule has 0 rings (SSSR count). The number of carbonyl (C=O) groups excluding carboxylic acids is 1. The van der Waals surface area contributed by atoms with Gasteiger partial charge in [0.05, 0.1) is 6.61 Å². The number of hydrogen-bond donors (Lipinski definition) is 2. The highest BCUT2D eigenvalue weighted by Gasteiger charge is 2.16. The van der Waals surface area contributed by atoms with Crippen molar-refractivity contribution in [1.82, 2.24) is 0 Å². The van der Waals surface area contributed by atoms with Crippen LogP contribution in [0, 0.1) is 11.3 Å². The number of aliphatic hydroxyl groups excluding tert-OH is 1. The molecule has 0 aromatic heterocycles. The summed E-state index contributed by atoms with van der Waals surface area (Å²) in [5.74, 6) is -2.32. The van der Waals surface area contributed by atoms with Gasteiger partial charge in [-0.25, -0.2) is 4.79 Å². The van der Waals surface area contributed by atoms with Crippen molar-refractivity contribution in [3.8, 4) is 6.07 Å². The van der Waals surface area contributed by atoms with Crippen molar-refractivity contribution in [2.45, 2.75) is 26.2 Å². The fraction of sp³-hybridized carbons (Fsp3) is 0.500. The number of nitrogens with zero attached hydrogens (tertiary/aromatic N) is 1. The fourth-order valence-electron chi connectivity index (χ4n) is 0.963. The summed E-state index contributed by atoms with van der Waals surface area (Å²) in [5.41, 5.74) is -0.466. The third-order valence-electron chi connectivity index (χ3n) is 1.68. The van der Waals surface area contributed by atoms with Crippen LogP contribution in [0.5, 0.6) is 0 Å². The summed E-state index contributed by atoms with van der Waals surface area (Å²) in [6.45, 7) is 1.68. The molecule has 6 heteroatoms. The Kier molecular flexibility index (Phi) is 6.36. The van der Waals surface area contributed by atoms with E-state index in [4.69, 9.17) is 10.4 Å². The molecule has 0 aliphatic rings. The summed E-state index contributed by atoms with van der Waals surface area (Å²) >= 11 is 0. The van der Waals surface area contributed by atoms with E-state index >= 15 is 0 Å². The molecule has 0 amide bonds. The summed E-state index contributed by atoms with van der Waals surface area (Å²) in [6, 6.07) is 1.53. The van der Waals surface area contributed by atoms with Crippen LogP contribution < -0.4 is 0 Å². The van der Waals surface area contributed by atoms with E-state index in [9.17, 15) is 14.7 Å². The van der Waals surface area contributed by atoms with E-state index in [-0.39, 0.29) is 25.9 Å². The Balaban J connectivity index is 4.45. The number of aliphatic carboxylic acids is 1. The van der Waals surface area contributed by atoms with Gasteiger partial charge in [0.1, 0.15) is 11.8 Å². The van der Waals surface area contributed by atoms with E-state index in [0.717, 1.165) is 0 Å². The molecular weight excluding hydrogens is 214 g/mol. The lowest BCUT2D eigenvalue weighted by Crippen LogP contribution is -2.09. The summed E-state index contributed by atoms with van der Waals surface area (Å²) < 4.78 is 4.55. The molecule has 0 fully saturated rings. The Hall–Kier alpha value is -2.03. The molecular formula is C10H13NO5. The maximum atomic E-state index is 11.1. The molecule has 88 valence electrons. The van der Waals surface area contributed by atoms with Crippen LogP contribution in [0.15, 0.2) is 11.3 Å². The number of aliphatic hydroxyl groups is 1. The lowest BCUT2D eigenvalue weighted by atomic mass is 10.1. The van der Waals surface area contributed by atoms with Crippen molar-refractivity contribution in [2.24, 2.45) is 0 Å². The van der Waals surface area contributed by atoms with Crippen molar-refractivity contribution in [2.75, 3.05) is 6.61 Å². The average molecular weight is 227 g/mol. The van der Waals surface area contributed by atoms with Gasteiger partial charge in [-0.2, -0.15) is 5.26 Å². The van der Waals surface area contributed by atoms with E-state index in [0.29, 0.717) is 0 Å². The Morgan fingerprint density at radius 3 is 2.38 bits per heavy atom. The van der Waals surface area contributed by atoms with E-state index in [2.05, 4.69) is 4.74 Å². The lowest BCUT2D eigenvalue weighted by molar-refractivity contribution is -0.138. The number of nitriles is 1. The van der Waals surface area contributed by atoms with Crippen LogP contribution in [0.3, 0.4) is 0 Å². The van der Waals surface area contributed by atoms with Crippen molar-refractivity contribution in [1.29, 1.82) is 5.26 Å². The molecule has 0 bridgehead atoms. The Morgan fingerprint density at radius 1 is 1.31 bits per heavy atom. The van der Waals surface area contributed by atoms with Gasteiger partial charge in [-0.15, -0.1) is 0 Å². The highest BCUT2D eigenvalue weighted by molar-refractivity contribution is 5.93. The van der Waals surface area contributed by atoms with Gasteiger partial charge in [0, 0.05) is 12.8 Å². The maximum Gasteiger partial charge on any atom is 0.352 e. The highest BCUT2D eigenvalue weighted by atomic mass is 16.5. The van der Waals surface area contributed by atoms with Gasteiger partial charge >= 0.3 is 11.9 Å². The van der Waals surface area contributed by atoms with Crippen LogP contribution in [-0.4, -0.2) is 28.8 Å². The van der Waals surface area contributed by atoms with Crippen LogP contribution in [-0.2, 0) is 14.3 Å². The molecule has 0 radical (unpaired) electrons. The predicted octanol–water partition coefficient (Wildman–Crippen LogP) is 1.14. The summed E-state index contributed by atoms with van der Waals surface area (Å²) in [7, 11) is 0. The lowest BCUT2D eigenvalue weighted by Gasteiger charge is -2.03. The monoisotopic (exact) mass is 227 g/mol. The van der Waals surface area contributed by atoms with E-state index < -0.39 is 23.3 Å². The van der Waals surface area contributed by atoms with Crippen LogP contribution in [0.2, 0.25) is 0 Å². The van der Waals surface area contributed by atoms with Gasteiger partial charge < -0.3 is 14.9 Å². The Morgan fingerprint density at radius 2 is 1.94 bits per heavy atom. The summed E-state index contributed by atoms with van der Waals surface area (Å²) in [6.07, 6.45) is -0.00858. The van der Waals surface area contributed by atoms with Crippen molar-refractivity contribution >= 4 is 11.9 Å². The normalized spacial score (nSPS) is 11.2. The van der Waals surface area contributed by atoms with Gasteiger partial charge in [-0.1, -0.05) is 0 Å². The van der Waals surface area contributed by atoms with Crippen LogP contribution in [0.4, 0.5) is 0 Å². The van der Waals surface area contributed by atoms with Crippen molar-refractivity contribution < 1.29 is 24.5 Å². The first-order chi connectivity index (χ1) is 7.52. The molecule has 0 spiro atoms. The molecule has 0 saturated carbocycles. The Labute approximate surface area is 92.8 Å². The fourth-order valence-corrected chi connectivity index (χ4v) is 0.963. The second kappa shape index (κ2) is 7.29. The second-order valence-electron chi connectivity index (χ2n) is 2.90. The molecule has 16 heavy (non-hydrogen) atoms. The number of ether oxygens (including phenoxy) is 1. The van der Waals surface area contributed by atoms with Gasteiger partial charge in [-0.3, -0.25) is 4.79 Å². The molecule has 2 N–H and O–H groups in total. The first kappa shape index (κ1) is 14.0. The molecule has 0 saturated heterocycles. The number of esters is 1. The summed E-state index contributed by atoms with van der Waals surface area (Å²) in [4.78, 5) is 21.3. The molecule has 0 aliphatic heterocycles. The number of hydrogen-bond acceptors (Lipinski definition) is 5. The number of carbonyl (C=O) groups is 2. The predicted molar refractivity (Wildman–Crippen MR) is 53.4 cm³/mol. The summed E-state index contributed by atoms with van der Waals surface area (Å²) in [5, 5.41) is 26.4. The largest absolute Gasteiger partial charge is 0.511 e. The van der Waals surface area contributed by atoms with Crippen molar-refractivity contribution in [3.63, 3.8) is 0 Å². The van der Waals surface area contributed by atoms with Gasteiger partial charge in [0.25, 0.3) is 0 Å². The number of allylic oxidation sites excluding steroid dienone is 1. The van der Waals surface area contributed by atoms with Crippen LogP contribution in [0.25, 0.3) is 0 Å². The number of carboxylic acids is 1. The van der Waals surface area contributed by atoms with E-state index in [1.807, 2.05) is 0 Å². The minimum absolute atomic E-state index is 0.0337. The van der Waals surface area contributed by atoms with Gasteiger partial charge in [0.15, 0.2) is 5.57 Å². The second-order valence-corrected chi connectivity index (χ2v) is 2.90. The van der Waals surface area contributed by atoms with Gasteiger partial charge in [0.2, 0.25) is 0 Å². The minimum Gasteiger partial charge on any atom is -0.511 e. The van der Waals surface area contributed by atoms with Crippen LogP contribution >= 0.6 is 0 Å². The zero-order valence-electron chi connectivity index (χ0n) is 8.89. The first-order valence-corrected chi connectivity index (χ1v) is 4.74. The minimum atomic E-state index is -0.998. The smallest absolute Gasteiger partial charge is 0.352 e.